The highest BCUT2D eigenvalue weighted by atomic mass is 32.2. The normalized spacial score (nSPS) is 16.0. The van der Waals surface area contributed by atoms with Crippen molar-refractivity contribution in [2.24, 2.45) is 0 Å². The second-order valence-corrected chi connectivity index (χ2v) is 9.42. The lowest BCUT2D eigenvalue weighted by Crippen LogP contribution is -2.43. The van der Waals surface area contributed by atoms with Crippen molar-refractivity contribution >= 4 is 38.8 Å². The number of benzene rings is 2. The zero-order chi connectivity index (χ0) is 22.7. The van der Waals surface area contributed by atoms with Crippen LogP contribution >= 0.6 is 0 Å². The van der Waals surface area contributed by atoms with Gasteiger partial charge < -0.3 is 25.0 Å². The monoisotopic (exact) mass is 458 g/mol. The minimum atomic E-state index is -3.73. The molecule has 0 saturated carbocycles. The topological polar surface area (TPSA) is 104 Å². The lowest BCUT2D eigenvalue weighted by molar-refractivity contribution is -0.122. The van der Waals surface area contributed by atoms with Gasteiger partial charge in [-0.15, -0.1) is 0 Å². The second-order valence-electron chi connectivity index (χ2n) is 7.60. The average molecular weight is 459 g/mol. The molecule has 170 valence electrons. The lowest BCUT2D eigenvalue weighted by Gasteiger charge is -2.29. The number of fused-ring (bicyclic) bond motifs is 2. The average Bonchev–Trinajstić information content (AvgIpc) is 3.24. The Morgan fingerprint density at radius 3 is 2.56 bits per heavy atom. The summed E-state index contributed by atoms with van der Waals surface area (Å²) in [6.45, 7) is 4.77. The molecular weight excluding hydrogens is 432 g/mol. The maximum Gasteiger partial charge on any atom is 0.290 e. The van der Waals surface area contributed by atoms with Gasteiger partial charge in [-0.25, -0.2) is 12.4 Å². The van der Waals surface area contributed by atoms with E-state index >= 15 is 0 Å². The highest BCUT2D eigenvalue weighted by molar-refractivity contribution is 7.90. The van der Waals surface area contributed by atoms with Gasteiger partial charge in [0.15, 0.2) is 0 Å². The van der Waals surface area contributed by atoms with Crippen molar-refractivity contribution in [3.63, 3.8) is 0 Å². The smallest absolute Gasteiger partial charge is 0.290 e. The number of carboxylic acid groups (broad SMARTS) is 1. The first-order chi connectivity index (χ1) is 15.5. The van der Waals surface area contributed by atoms with Crippen LogP contribution in [0.5, 0.6) is 5.75 Å². The molecule has 9 nitrogen and oxygen atoms in total. The van der Waals surface area contributed by atoms with Gasteiger partial charge in [-0.2, -0.15) is 0 Å². The number of aromatic nitrogens is 1. The number of piperazine rings is 1. The Morgan fingerprint density at radius 1 is 1.06 bits per heavy atom. The first-order valence-corrected chi connectivity index (χ1v) is 11.8. The summed E-state index contributed by atoms with van der Waals surface area (Å²) in [5.41, 5.74) is 2.65. The molecule has 0 unspecified atom stereocenters. The molecule has 2 aliphatic rings. The Bertz CT molecular complexity index is 1220. The lowest BCUT2D eigenvalue weighted by atomic mass is 10.2. The Kier molecular flexibility index (Phi) is 6.24. The molecule has 32 heavy (non-hydrogen) atoms. The fourth-order valence-corrected chi connectivity index (χ4v) is 5.40. The van der Waals surface area contributed by atoms with Crippen LogP contribution in [0.2, 0.25) is 0 Å². The third-order valence-corrected chi connectivity index (χ3v) is 7.39. The van der Waals surface area contributed by atoms with Crippen LogP contribution in [0.4, 0.5) is 11.4 Å². The van der Waals surface area contributed by atoms with Crippen LogP contribution in [-0.2, 0) is 14.8 Å². The van der Waals surface area contributed by atoms with E-state index in [4.69, 9.17) is 14.6 Å². The number of ether oxygens (including phenoxy) is 1. The molecule has 1 aromatic heterocycles. The van der Waals surface area contributed by atoms with E-state index < -0.39 is 10.0 Å². The predicted octanol–water partition coefficient (Wildman–Crippen LogP) is 1.82. The van der Waals surface area contributed by atoms with Gasteiger partial charge in [0.25, 0.3) is 16.5 Å². The molecule has 2 N–H and O–H groups in total. The molecule has 0 radical (unpaired) electrons. The first-order valence-electron chi connectivity index (χ1n) is 10.3. The molecule has 0 bridgehead atoms. The van der Waals surface area contributed by atoms with Crippen molar-refractivity contribution < 1.29 is 23.1 Å². The van der Waals surface area contributed by atoms with Crippen LogP contribution < -0.4 is 19.9 Å². The first kappa shape index (κ1) is 22.0. The third-order valence-electron chi connectivity index (χ3n) is 5.71. The molecule has 2 aromatic carbocycles. The summed E-state index contributed by atoms with van der Waals surface area (Å²) in [6, 6.07) is 13.0. The SMILES string of the molecule is CN1CCOc2cc(S(=O)(=O)n3ccc4ccc(N5CCNCC5)cc43)ccc21.O=CO. The second kappa shape index (κ2) is 9.09. The standard InChI is InChI=1S/C21H24N4O3S.CH2O2/c1-23-12-13-28-21-15-18(4-5-19(21)23)29(26,27)25-9-6-16-2-3-17(14-20(16)25)24-10-7-22-8-11-24;2-1-3/h2-6,9,14-15,22H,7-8,10-13H2,1H3;1H,(H,2,3). The number of anilines is 2. The van der Waals surface area contributed by atoms with Crippen molar-refractivity contribution in [3.05, 3.63) is 48.7 Å². The molecular formula is C22H26N4O5S. The molecule has 3 aromatic rings. The molecule has 2 aliphatic heterocycles. The number of hydrogen-bond donors (Lipinski definition) is 2. The number of hydrogen-bond acceptors (Lipinski definition) is 7. The number of nitrogens with zero attached hydrogens (tertiary/aromatic N) is 3. The zero-order valence-corrected chi connectivity index (χ0v) is 18.6. The quantitative estimate of drug-likeness (QED) is 0.573. The largest absolute Gasteiger partial charge is 0.490 e. The van der Waals surface area contributed by atoms with E-state index in [1.165, 1.54) is 3.97 Å². The minimum absolute atomic E-state index is 0.233. The van der Waals surface area contributed by atoms with Crippen molar-refractivity contribution in [1.82, 2.24) is 9.29 Å². The number of carbonyl (C=O) groups is 1. The Morgan fingerprint density at radius 2 is 1.81 bits per heavy atom. The molecule has 0 aliphatic carbocycles. The van der Waals surface area contributed by atoms with Gasteiger partial charge in [-0.3, -0.25) is 4.79 Å². The van der Waals surface area contributed by atoms with Gasteiger partial charge in [0, 0.05) is 56.6 Å². The van der Waals surface area contributed by atoms with Gasteiger partial charge >= 0.3 is 0 Å². The van der Waals surface area contributed by atoms with Crippen LogP contribution in [-0.4, -0.2) is 70.3 Å². The van der Waals surface area contributed by atoms with Gasteiger partial charge in [0.2, 0.25) is 0 Å². The van der Waals surface area contributed by atoms with E-state index in [1.54, 1.807) is 18.3 Å². The molecule has 0 amide bonds. The summed E-state index contributed by atoms with van der Waals surface area (Å²) >= 11 is 0. The van der Waals surface area contributed by atoms with Gasteiger partial charge in [0.05, 0.1) is 22.6 Å². The van der Waals surface area contributed by atoms with Crippen LogP contribution in [0.15, 0.2) is 53.6 Å². The summed E-state index contributed by atoms with van der Waals surface area (Å²) in [5.74, 6) is 0.609. The summed E-state index contributed by atoms with van der Waals surface area (Å²) < 4.78 is 34.0. The van der Waals surface area contributed by atoms with E-state index in [-0.39, 0.29) is 11.4 Å². The van der Waals surface area contributed by atoms with E-state index in [1.807, 2.05) is 31.3 Å². The highest BCUT2D eigenvalue weighted by Crippen LogP contribution is 2.34. The van der Waals surface area contributed by atoms with Crippen LogP contribution in [0.25, 0.3) is 10.9 Å². The van der Waals surface area contributed by atoms with Crippen molar-refractivity contribution in [1.29, 1.82) is 0 Å². The summed E-state index contributed by atoms with van der Waals surface area (Å²) in [7, 11) is -1.75. The highest BCUT2D eigenvalue weighted by Gasteiger charge is 2.23. The molecule has 10 heteroatoms. The zero-order valence-electron chi connectivity index (χ0n) is 17.8. The van der Waals surface area contributed by atoms with Crippen molar-refractivity contribution in [2.45, 2.75) is 4.90 Å². The molecule has 1 saturated heterocycles. The van der Waals surface area contributed by atoms with Crippen LogP contribution in [0.3, 0.4) is 0 Å². The molecule has 3 heterocycles. The number of likely N-dealkylation sites (N-methyl/N-ethyl adjacent to an activating group) is 1. The van der Waals surface area contributed by atoms with Gasteiger partial charge in [0.1, 0.15) is 12.4 Å². The predicted molar refractivity (Wildman–Crippen MR) is 124 cm³/mol. The fourth-order valence-electron chi connectivity index (χ4n) is 4.03. The van der Waals surface area contributed by atoms with E-state index in [9.17, 15) is 8.42 Å². The van der Waals surface area contributed by atoms with E-state index in [2.05, 4.69) is 21.2 Å². The maximum absolute atomic E-state index is 13.4. The van der Waals surface area contributed by atoms with Crippen molar-refractivity contribution in [2.75, 3.05) is 56.2 Å². The molecule has 5 rings (SSSR count). The van der Waals surface area contributed by atoms with Crippen LogP contribution in [0.1, 0.15) is 0 Å². The van der Waals surface area contributed by atoms with Gasteiger partial charge in [-0.05, 0) is 30.3 Å². The maximum atomic E-state index is 13.4. The molecule has 1 fully saturated rings. The Labute approximate surface area is 186 Å². The summed E-state index contributed by atoms with van der Waals surface area (Å²) in [4.78, 5) is 12.9. The number of rotatable bonds is 3. The molecule has 0 atom stereocenters. The Hall–Kier alpha value is -3.24. The van der Waals surface area contributed by atoms with Crippen LogP contribution in [0, 0.1) is 0 Å². The fraction of sp³-hybridized carbons (Fsp3) is 0.318. The third kappa shape index (κ3) is 4.11. The van der Waals surface area contributed by atoms with E-state index in [0.29, 0.717) is 17.9 Å². The summed E-state index contributed by atoms with van der Waals surface area (Å²) in [6.07, 6.45) is 1.63. The van der Waals surface area contributed by atoms with Crippen molar-refractivity contribution in [3.8, 4) is 5.75 Å². The number of nitrogens with one attached hydrogen (secondary N) is 1. The van der Waals surface area contributed by atoms with E-state index in [0.717, 1.165) is 49.5 Å². The Balaban J connectivity index is 0.000000775. The van der Waals surface area contributed by atoms with Gasteiger partial charge in [-0.1, -0.05) is 6.07 Å². The minimum Gasteiger partial charge on any atom is -0.490 e. The molecule has 0 spiro atoms. The summed E-state index contributed by atoms with van der Waals surface area (Å²) in [5, 5.41) is 11.1.